The lowest BCUT2D eigenvalue weighted by atomic mass is 10.1. The SMILES string of the molecule is CC(C)CNCC(=O)OCCCCCCCCCCCCOc1cc2cc(-c3ccoc3)c(=O)oc2cn1. The Balaban J connectivity index is 1.17. The van der Waals surface area contributed by atoms with Gasteiger partial charge in [-0.15, -0.1) is 0 Å². The average molecular weight is 527 g/mol. The third kappa shape index (κ3) is 10.7. The van der Waals surface area contributed by atoms with Crippen LogP contribution in [0, 0.1) is 5.92 Å². The van der Waals surface area contributed by atoms with Crippen LogP contribution in [0.4, 0.5) is 0 Å². The molecule has 0 bridgehead atoms. The summed E-state index contributed by atoms with van der Waals surface area (Å²) in [5.41, 5.74) is 1.15. The molecule has 1 N–H and O–H groups in total. The first kappa shape index (κ1) is 29.4. The van der Waals surface area contributed by atoms with Crippen LogP contribution in [0.3, 0.4) is 0 Å². The predicted molar refractivity (Wildman–Crippen MR) is 148 cm³/mol. The number of ether oxygens (including phenoxy) is 2. The number of rotatable bonds is 19. The van der Waals surface area contributed by atoms with Crippen molar-refractivity contribution in [2.45, 2.75) is 78.1 Å². The van der Waals surface area contributed by atoms with Crippen LogP contribution >= 0.6 is 0 Å². The third-order valence-electron chi connectivity index (χ3n) is 6.30. The fourth-order valence-corrected chi connectivity index (χ4v) is 4.20. The fourth-order valence-electron chi connectivity index (χ4n) is 4.20. The third-order valence-corrected chi connectivity index (χ3v) is 6.30. The number of furan rings is 1. The van der Waals surface area contributed by atoms with Gasteiger partial charge < -0.3 is 23.6 Å². The average Bonchev–Trinajstić information content (AvgIpc) is 3.43. The van der Waals surface area contributed by atoms with Gasteiger partial charge in [-0.05, 0) is 37.4 Å². The maximum atomic E-state index is 12.2. The Morgan fingerprint density at radius 3 is 2.32 bits per heavy atom. The zero-order valence-electron chi connectivity index (χ0n) is 22.8. The number of carbonyl (C=O) groups is 1. The molecule has 3 aromatic heterocycles. The summed E-state index contributed by atoms with van der Waals surface area (Å²) in [4.78, 5) is 28.1. The molecule has 0 aliphatic carbocycles. The van der Waals surface area contributed by atoms with E-state index in [1.165, 1.54) is 57.2 Å². The summed E-state index contributed by atoms with van der Waals surface area (Å²) in [5, 5.41) is 3.87. The van der Waals surface area contributed by atoms with E-state index < -0.39 is 5.63 Å². The second-order valence-corrected chi connectivity index (χ2v) is 10.1. The van der Waals surface area contributed by atoms with Gasteiger partial charge >= 0.3 is 11.6 Å². The number of nitrogens with zero attached hydrogens (tertiary/aromatic N) is 1. The molecule has 8 nitrogen and oxygen atoms in total. The molecule has 0 saturated carbocycles. The number of hydrogen-bond donors (Lipinski definition) is 1. The van der Waals surface area contributed by atoms with Gasteiger partial charge in [0, 0.05) is 17.0 Å². The lowest BCUT2D eigenvalue weighted by Gasteiger charge is -2.08. The van der Waals surface area contributed by atoms with Crippen LogP contribution in [0.25, 0.3) is 22.1 Å². The van der Waals surface area contributed by atoms with Gasteiger partial charge in [0.1, 0.15) is 0 Å². The van der Waals surface area contributed by atoms with Crippen LogP contribution < -0.4 is 15.7 Å². The highest BCUT2D eigenvalue weighted by atomic mass is 16.5. The molecule has 0 saturated heterocycles. The maximum Gasteiger partial charge on any atom is 0.344 e. The molecule has 0 aliphatic heterocycles. The number of esters is 1. The summed E-state index contributed by atoms with van der Waals surface area (Å²) in [6.45, 7) is 6.51. The summed E-state index contributed by atoms with van der Waals surface area (Å²) < 4.78 is 21.5. The quantitative estimate of drug-likeness (QED) is 0.139. The number of nitrogens with one attached hydrogen (secondary N) is 1. The van der Waals surface area contributed by atoms with Crippen molar-refractivity contribution in [1.29, 1.82) is 0 Å². The number of hydrogen-bond acceptors (Lipinski definition) is 8. The zero-order valence-corrected chi connectivity index (χ0v) is 22.8. The summed E-state index contributed by atoms with van der Waals surface area (Å²) in [6, 6.07) is 5.31. The van der Waals surface area contributed by atoms with Crippen LogP contribution in [0.15, 0.2) is 50.6 Å². The molecular weight excluding hydrogens is 484 g/mol. The summed E-state index contributed by atoms with van der Waals surface area (Å²) in [6.07, 6.45) is 16.1. The fraction of sp³-hybridized carbons (Fsp3) is 0.567. The molecule has 3 aromatic rings. The van der Waals surface area contributed by atoms with E-state index in [0.29, 0.717) is 48.3 Å². The van der Waals surface area contributed by atoms with E-state index in [-0.39, 0.29) is 5.97 Å². The largest absolute Gasteiger partial charge is 0.478 e. The highest BCUT2D eigenvalue weighted by Gasteiger charge is 2.10. The van der Waals surface area contributed by atoms with Gasteiger partial charge in [-0.3, -0.25) is 4.79 Å². The van der Waals surface area contributed by atoms with Gasteiger partial charge in [-0.25, -0.2) is 9.78 Å². The first-order valence-corrected chi connectivity index (χ1v) is 14.0. The van der Waals surface area contributed by atoms with Crippen molar-refractivity contribution >= 4 is 16.9 Å². The first-order valence-electron chi connectivity index (χ1n) is 14.0. The smallest absolute Gasteiger partial charge is 0.344 e. The van der Waals surface area contributed by atoms with Crippen molar-refractivity contribution < 1.29 is 23.1 Å². The molecule has 0 unspecified atom stereocenters. The van der Waals surface area contributed by atoms with E-state index in [1.807, 2.05) is 0 Å². The molecule has 0 aliphatic rings. The molecule has 3 rings (SSSR count). The number of carbonyl (C=O) groups excluding carboxylic acids is 1. The molecule has 3 heterocycles. The van der Waals surface area contributed by atoms with Crippen molar-refractivity contribution in [2.24, 2.45) is 5.92 Å². The maximum absolute atomic E-state index is 12.2. The number of aromatic nitrogens is 1. The van der Waals surface area contributed by atoms with E-state index >= 15 is 0 Å². The van der Waals surface area contributed by atoms with Gasteiger partial charge in [0.25, 0.3) is 0 Å². The van der Waals surface area contributed by atoms with Gasteiger partial charge in [0.05, 0.1) is 44.0 Å². The second kappa shape index (κ2) is 16.7. The Hall–Kier alpha value is -3.13. The first-order chi connectivity index (χ1) is 18.5. The van der Waals surface area contributed by atoms with Crippen molar-refractivity contribution in [1.82, 2.24) is 10.3 Å². The van der Waals surface area contributed by atoms with E-state index in [2.05, 4.69) is 24.1 Å². The topological polar surface area (TPSA) is 104 Å². The van der Waals surface area contributed by atoms with Crippen LogP contribution in [0.1, 0.15) is 78.1 Å². The molecule has 38 heavy (non-hydrogen) atoms. The Morgan fingerprint density at radius 1 is 0.974 bits per heavy atom. The molecule has 0 spiro atoms. The van der Waals surface area contributed by atoms with Crippen molar-refractivity contribution in [3.8, 4) is 17.0 Å². The minimum absolute atomic E-state index is 0.153. The van der Waals surface area contributed by atoms with Gasteiger partial charge in [-0.1, -0.05) is 65.2 Å². The minimum atomic E-state index is -0.419. The van der Waals surface area contributed by atoms with E-state index in [0.717, 1.165) is 37.6 Å². The van der Waals surface area contributed by atoms with Crippen molar-refractivity contribution in [3.63, 3.8) is 0 Å². The summed E-state index contributed by atoms with van der Waals surface area (Å²) in [5.74, 6) is 0.911. The van der Waals surface area contributed by atoms with Crippen LogP contribution in [-0.2, 0) is 9.53 Å². The molecule has 0 atom stereocenters. The Kier molecular flexibility index (Phi) is 12.9. The lowest BCUT2D eigenvalue weighted by molar-refractivity contribution is -0.142. The predicted octanol–water partition coefficient (Wildman–Crippen LogP) is 6.52. The molecule has 208 valence electrons. The monoisotopic (exact) mass is 526 g/mol. The number of fused-ring (bicyclic) bond motifs is 1. The normalized spacial score (nSPS) is 11.3. The van der Waals surface area contributed by atoms with Crippen LogP contribution in [0.5, 0.6) is 5.88 Å². The second-order valence-electron chi connectivity index (χ2n) is 10.1. The van der Waals surface area contributed by atoms with E-state index in [9.17, 15) is 9.59 Å². The molecule has 0 fully saturated rings. The minimum Gasteiger partial charge on any atom is -0.478 e. The molecular formula is C30H42N2O6. The van der Waals surface area contributed by atoms with Crippen molar-refractivity contribution in [2.75, 3.05) is 26.3 Å². The van der Waals surface area contributed by atoms with Gasteiger partial charge in [-0.2, -0.15) is 0 Å². The van der Waals surface area contributed by atoms with E-state index in [4.69, 9.17) is 18.3 Å². The lowest BCUT2D eigenvalue weighted by Crippen LogP contribution is -2.28. The van der Waals surface area contributed by atoms with Gasteiger partial charge in [0.15, 0.2) is 5.58 Å². The molecule has 0 amide bonds. The number of pyridine rings is 1. The standard InChI is InChI=1S/C30H42N2O6/c1-23(2)19-31-21-29(33)37-15-12-10-8-6-4-3-5-7-9-11-14-36-28-18-25-17-26(24-13-16-35-22-24)30(34)38-27(25)20-32-28/h13,16-18,20,22-23,31H,3-12,14-15,19,21H2,1-2H3. The summed E-state index contributed by atoms with van der Waals surface area (Å²) in [7, 11) is 0. The molecule has 0 aromatic carbocycles. The Labute approximate surface area is 225 Å². The molecule has 8 heteroatoms. The summed E-state index contributed by atoms with van der Waals surface area (Å²) >= 11 is 0. The number of unbranched alkanes of at least 4 members (excludes halogenated alkanes) is 9. The van der Waals surface area contributed by atoms with Crippen molar-refractivity contribution in [3.05, 3.63) is 47.3 Å². The Morgan fingerprint density at radius 2 is 1.66 bits per heavy atom. The van der Waals surface area contributed by atoms with E-state index in [1.54, 1.807) is 18.2 Å². The highest BCUT2D eigenvalue weighted by Crippen LogP contribution is 2.23. The zero-order chi connectivity index (χ0) is 27.0. The van der Waals surface area contributed by atoms with Gasteiger partial charge in [0.2, 0.25) is 5.88 Å². The van der Waals surface area contributed by atoms with Crippen LogP contribution in [-0.4, -0.2) is 37.3 Å². The highest BCUT2D eigenvalue weighted by molar-refractivity contribution is 5.81. The van der Waals surface area contributed by atoms with Crippen LogP contribution in [0.2, 0.25) is 0 Å². The molecule has 0 radical (unpaired) electrons. The Bertz CT molecular complexity index is 1140.